The van der Waals surface area contributed by atoms with Gasteiger partial charge in [-0.1, -0.05) is 13.8 Å². The molecule has 2 saturated heterocycles. The standard InChI is InChI=1S/C12H18O4/c1-4-12-6-5-11(3,16-12)8(2)9(12)10(14)15-7-13/h7-9H,4-6H2,1-3H3/t8-,9-,11?,12?/m0/s1. The van der Waals surface area contributed by atoms with Crippen molar-refractivity contribution in [1.82, 2.24) is 0 Å². The van der Waals surface area contributed by atoms with Crippen LogP contribution in [-0.4, -0.2) is 23.6 Å². The third-order valence-electron chi connectivity index (χ3n) is 4.53. The summed E-state index contributed by atoms with van der Waals surface area (Å²) in [5, 5.41) is 0. The fourth-order valence-corrected chi connectivity index (χ4v) is 3.38. The van der Waals surface area contributed by atoms with E-state index < -0.39 is 11.6 Å². The molecule has 90 valence electrons. The van der Waals surface area contributed by atoms with Gasteiger partial charge in [-0.15, -0.1) is 0 Å². The molecule has 0 aromatic rings. The molecule has 2 fully saturated rings. The maximum atomic E-state index is 11.8. The minimum absolute atomic E-state index is 0.105. The summed E-state index contributed by atoms with van der Waals surface area (Å²) < 4.78 is 10.6. The lowest BCUT2D eigenvalue weighted by Crippen LogP contribution is -2.43. The highest BCUT2D eigenvalue weighted by Gasteiger charge is 2.65. The summed E-state index contributed by atoms with van der Waals surface area (Å²) in [6.07, 6.45) is 2.64. The molecule has 2 unspecified atom stereocenters. The van der Waals surface area contributed by atoms with E-state index in [2.05, 4.69) is 4.74 Å². The minimum Gasteiger partial charge on any atom is -0.395 e. The smallest absolute Gasteiger partial charge is 0.319 e. The first-order chi connectivity index (χ1) is 7.49. The van der Waals surface area contributed by atoms with E-state index in [1.54, 1.807) is 0 Å². The molecule has 0 aromatic heterocycles. The number of esters is 1. The molecule has 2 heterocycles. The summed E-state index contributed by atoms with van der Waals surface area (Å²) in [6.45, 7) is 6.29. The highest BCUT2D eigenvalue weighted by molar-refractivity contribution is 5.81. The summed E-state index contributed by atoms with van der Waals surface area (Å²) >= 11 is 0. The van der Waals surface area contributed by atoms with E-state index >= 15 is 0 Å². The van der Waals surface area contributed by atoms with Crippen LogP contribution in [0.3, 0.4) is 0 Å². The lowest BCUT2D eigenvalue weighted by Gasteiger charge is -2.33. The Hall–Kier alpha value is -0.900. The highest BCUT2D eigenvalue weighted by atomic mass is 16.6. The van der Waals surface area contributed by atoms with E-state index in [0.717, 1.165) is 19.3 Å². The van der Waals surface area contributed by atoms with Crippen LogP contribution in [0, 0.1) is 11.8 Å². The predicted octanol–water partition coefficient (Wildman–Crippen LogP) is 1.67. The molecule has 0 spiro atoms. The van der Waals surface area contributed by atoms with E-state index in [1.807, 2.05) is 20.8 Å². The topological polar surface area (TPSA) is 52.6 Å². The van der Waals surface area contributed by atoms with Crippen LogP contribution in [0.5, 0.6) is 0 Å². The van der Waals surface area contributed by atoms with Crippen molar-refractivity contribution < 1.29 is 19.1 Å². The zero-order chi connectivity index (χ0) is 12.0. The second-order valence-corrected chi connectivity index (χ2v) is 5.13. The molecule has 2 aliphatic heterocycles. The van der Waals surface area contributed by atoms with E-state index in [1.165, 1.54) is 0 Å². The number of ether oxygens (including phenoxy) is 2. The van der Waals surface area contributed by atoms with Gasteiger partial charge >= 0.3 is 12.4 Å². The third-order valence-corrected chi connectivity index (χ3v) is 4.53. The number of rotatable bonds is 3. The molecule has 0 amide bonds. The maximum absolute atomic E-state index is 11.8. The number of carbonyl (C=O) groups is 2. The van der Waals surface area contributed by atoms with Crippen molar-refractivity contribution in [2.24, 2.45) is 11.8 Å². The summed E-state index contributed by atoms with van der Waals surface area (Å²) in [5.74, 6) is -0.636. The Bertz CT molecular complexity index is 327. The Morgan fingerprint density at radius 3 is 2.81 bits per heavy atom. The molecule has 0 saturated carbocycles. The van der Waals surface area contributed by atoms with Gasteiger partial charge in [0.1, 0.15) is 0 Å². The van der Waals surface area contributed by atoms with Gasteiger partial charge in [-0.25, -0.2) is 0 Å². The Morgan fingerprint density at radius 2 is 2.25 bits per heavy atom. The quantitative estimate of drug-likeness (QED) is 0.417. The van der Waals surface area contributed by atoms with Gasteiger partial charge in [-0.05, 0) is 26.2 Å². The van der Waals surface area contributed by atoms with Gasteiger partial charge < -0.3 is 9.47 Å². The first kappa shape index (κ1) is 11.6. The van der Waals surface area contributed by atoms with Gasteiger partial charge in [0.2, 0.25) is 0 Å². The van der Waals surface area contributed by atoms with Crippen LogP contribution in [0.2, 0.25) is 0 Å². The van der Waals surface area contributed by atoms with Crippen LogP contribution >= 0.6 is 0 Å². The van der Waals surface area contributed by atoms with Crippen molar-refractivity contribution >= 4 is 12.4 Å². The molecule has 0 aliphatic carbocycles. The van der Waals surface area contributed by atoms with E-state index in [-0.39, 0.29) is 23.9 Å². The Balaban J connectivity index is 2.30. The SMILES string of the molecule is CCC12CCC(C)(O1)[C@@H](C)[C@H]2C(=O)OC=O. The molecule has 4 heteroatoms. The molecular formula is C12H18O4. The lowest BCUT2D eigenvalue weighted by molar-refractivity contribution is -0.160. The van der Waals surface area contributed by atoms with Gasteiger partial charge in [-0.3, -0.25) is 9.59 Å². The minimum atomic E-state index is -0.437. The summed E-state index contributed by atoms with van der Waals surface area (Å²) in [5.41, 5.74) is -0.642. The van der Waals surface area contributed by atoms with E-state index in [0.29, 0.717) is 0 Å². The molecule has 16 heavy (non-hydrogen) atoms. The van der Waals surface area contributed by atoms with Gasteiger partial charge in [0, 0.05) is 5.92 Å². The normalized spacial score (nSPS) is 45.7. The van der Waals surface area contributed by atoms with Crippen LogP contribution in [0.4, 0.5) is 0 Å². The molecule has 2 rings (SSSR count). The summed E-state index contributed by atoms with van der Waals surface area (Å²) in [4.78, 5) is 22.1. The van der Waals surface area contributed by atoms with Gasteiger partial charge in [0.15, 0.2) is 0 Å². The van der Waals surface area contributed by atoms with Crippen LogP contribution in [0.25, 0.3) is 0 Å². The molecule has 0 radical (unpaired) electrons. The molecule has 0 N–H and O–H groups in total. The van der Waals surface area contributed by atoms with Crippen molar-refractivity contribution in [2.75, 3.05) is 0 Å². The Labute approximate surface area is 95.3 Å². The average Bonchev–Trinajstić information content (AvgIpc) is 2.69. The highest BCUT2D eigenvalue weighted by Crippen LogP contribution is 2.58. The zero-order valence-corrected chi connectivity index (χ0v) is 9.99. The molecule has 0 aromatic carbocycles. The van der Waals surface area contributed by atoms with Crippen molar-refractivity contribution in [1.29, 1.82) is 0 Å². The monoisotopic (exact) mass is 226 g/mol. The molecule has 4 atom stereocenters. The first-order valence-electron chi connectivity index (χ1n) is 5.83. The van der Waals surface area contributed by atoms with Gasteiger partial charge in [-0.2, -0.15) is 0 Å². The maximum Gasteiger partial charge on any atom is 0.319 e. The Kier molecular flexibility index (Phi) is 2.57. The summed E-state index contributed by atoms with van der Waals surface area (Å²) in [7, 11) is 0. The Morgan fingerprint density at radius 1 is 1.56 bits per heavy atom. The number of fused-ring (bicyclic) bond motifs is 2. The van der Waals surface area contributed by atoms with Crippen molar-refractivity contribution in [2.45, 2.75) is 51.2 Å². The van der Waals surface area contributed by atoms with Crippen LogP contribution < -0.4 is 0 Å². The number of hydrogen-bond donors (Lipinski definition) is 0. The number of hydrogen-bond acceptors (Lipinski definition) is 4. The van der Waals surface area contributed by atoms with Crippen molar-refractivity contribution in [3.8, 4) is 0 Å². The predicted molar refractivity (Wildman–Crippen MR) is 56.6 cm³/mol. The van der Waals surface area contributed by atoms with Crippen LogP contribution in [-0.2, 0) is 19.1 Å². The third kappa shape index (κ3) is 1.32. The van der Waals surface area contributed by atoms with Crippen LogP contribution in [0.1, 0.15) is 40.0 Å². The van der Waals surface area contributed by atoms with E-state index in [9.17, 15) is 9.59 Å². The lowest BCUT2D eigenvalue weighted by atomic mass is 9.67. The fraction of sp³-hybridized carbons (Fsp3) is 0.833. The molecule has 4 nitrogen and oxygen atoms in total. The van der Waals surface area contributed by atoms with Gasteiger partial charge in [0.25, 0.3) is 0 Å². The largest absolute Gasteiger partial charge is 0.395 e. The average molecular weight is 226 g/mol. The van der Waals surface area contributed by atoms with Crippen LogP contribution in [0.15, 0.2) is 0 Å². The molecular weight excluding hydrogens is 208 g/mol. The van der Waals surface area contributed by atoms with Crippen molar-refractivity contribution in [3.05, 3.63) is 0 Å². The molecule has 2 bridgehead atoms. The molecule has 2 aliphatic rings. The van der Waals surface area contributed by atoms with Crippen molar-refractivity contribution in [3.63, 3.8) is 0 Å². The zero-order valence-electron chi connectivity index (χ0n) is 9.99. The second kappa shape index (κ2) is 3.55. The number of carbonyl (C=O) groups excluding carboxylic acids is 2. The van der Waals surface area contributed by atoms with Gasteiger partial charge in [0.05, 0.1) is 17.1 Å². The van der Waals surface area contributed by atoms with E-state index in [4.69, 9.17) is 4.74 Å². The summed E-state index contributed by atoms with van der Waals surface area (Å²) in [6, 6.07) is 0. The fourth-order valence-electron chi connectivity index (χ4n) is 3.38. The second-order valence-electron chi connectivity index (χ2n) is 5.13. The first-order valence-corrected chi connectivity index (χ1v) is 5.83.